The minimum absolute atomic E-state index is 0.0907. The number of carbonyl (C=O) groups excluding carboxylic acids is 2. The number of piperazine rings is 1. The van der Waals surface area contributed by atoms with Crippen LogP contribution in [0.25, 0.3) is 0 Å². The molecule has 1 atom stereocenters. The minimum Gasteiger partial charge on any atom is -0.459 e. The Balaban J connectivity index is 1.85. The van der Waals surface area contributed by atoms with Crippen LogP contribution in [0.15, 0.2) is 22.8 Å². The molecule has 1 aliphatic heterocycles. The van der Waals surface area contributed by atoms with Gasteiger partial charge in [-0.15, -0.1) is 0 Å². The van der Waals surface area contributed by atoms with Crippen molar-refractivity contribution in [1.29, 1.82) is 0 Å². The summed E-state index contributed by atoms with van der Waals surface area (Å²) in [7, 11) is -3.35. The molecule has 8 nitrogen and oxygen atoms in total. The standard InChI is InChI=1S/C17H27N3O5S/c1-4-14(2)20(26(3,23)24)8-7-16(21)18-9-11-19(12-10-18)17(22)15-6-5-13-25-15/h5-6,13-14H,4,7-12H2,1-3H3. The Kier molecular flexibility index (Phi) is 6.82. The van der Waals surface area contributed by atoms with Gasteiger partial charge in [0, 0.05) is 45.2 Å². The molecule has 0 saturated carbocycles. The summed E-state index contributed by atoms with van der Waals surface area (Å²) < 4.78 is 30.3. The number of amides is 2. The van der Waals surface area contributed by atoms with Crippen LogP contribution in [-0.4, -0.2) is 79.4 Å². The van der Waals surface area contributed by atoms with E-state index < -0.39 is 10.0 Å². The van der Waals surface area contributed by atoms with Crippen molar-refractivity contribution in [3.63, 3.8) is 0 Å². The molecule has 1 fully saturated rings. The molecule has 26 heavy (non-hydrogen) atoms. The highest BCUT2D eigenvalue weighted by atomic mass is 32.2. The second kappa shape index (κ2) is 8.68. The Morgan fingerprint density at radius 3 is 2.35 bits per heavy atom. The first kappa shape index (κ1) is 20.4. The Hall–Kier alpha value is -1.87. The molecule has 2 rings (SSSR count). The van der Waals surface area contributed by atoms with Gasteiger partial charge < -0.3 is 14.2 Å². The second-order valence-electron chi connectivity index (χ2n) is 6.53. The van der Waals surface area contributed by atoms with Crippen LogP contribution in [0.1, 0.15) is 37.2 Å². The number of hydrogen-bond acceptors (Lipinski definition) is 5. The minimum atomic E-state index is -3.35. The van der Waals surface area contributed by atoms with Gasteiger partial charge in [-0.05, 0) is 25.5 Å². The fourth-order valence-electron chi connectivity index (χ4n) is 3.00. The largest absolute Gasteiger partial charge is 0.459 e. The molecular formula is C17H27N3O5S. The fraction of sp³-hybridized carbons (Fsp3) is 0.647. The maximum absolute atomic E-state index is 12.4. The maximum atomic E-state index is 12.4. The van der Waals surface area contributed by atoms with Crippen LogP contribution in [0.5, 0.6) is 0 Å². The summed E-state index contributed by atoms with van der Waals surface area (Å²) in [4.78, 5) is 28.0. The normalized spacial score (nSPS) is 16.8. The summed E-state index contributed by atoms with van der Waals surface area (Å²) in [6.07, 6.45) is 3.46. The molecule has 0 N–H and O–H groups in total. The summed E-state index contributed by atoms with van der Waals surface area (Å²) in [5.41, 5.74) is 0. The maximum Gasteiger partial charge on any atom is 0.289 e. The lowest BCUT2D eigenvalue weighted by atomic mass is 10.2. The Labute approximate surface area is 154 Å². The topological polar surface area (TPSA) is 91.1 Å². The lowest BCUT2D eigenvalue weighted by molar-refractivity contribution is -0.132. The zero-order valence-electron chi connectivity index (χ0n) is 15.6. The summed E-state index contributed by atoms with van der Waals surface area (Å²) in [5, 5.41) is 0. The molecule has 1 aliphatic rings. The molecule has 1 aromatic rings. The predicted molar refractivity (Wildman–Crippen MR) is 97.1 cm³/mol. The second-order valence-corrected chi connectivity index (χ2v) is 8.47. The van der Waals surface area contributed by atoms with Crippen LogP contribution in [0, 0.1) is 0 Å². The van der Waals surface area contributed by atoms with E-state index in [1.807, 2.05) is 13.8 Å². The Morgan fingerprint density at radius 2 is 1.85 bits per heavy atom. The highest BCUT2D eigenvalue weighted by Crippen LogP contribution is 2.13. The molecule has 1 unspecified atom stereocenters. The van der Waals surface area contributed by atoms with Gasteiger partial charge in [0.1, 0.15) is 0 Å². The van der Waals surface area contributed by atoms with Crippen LogP contribution in [0.3, 0.4) is 0 Å². The average Bonchev–Trinajstić information content (AvgIpc) is 3.14. The smallest absolute Gasteiger partial charge is 0.289 e. The zero-order chi connectivity index (χ0) is 19.3. The van der Waals surface area contributed by atoms with Crippen molar-refractivity contribution in [3.8, 4) is 0 Å². The van der Waals surface area contributed by atoms with Crippen molar-refractivity contribution >= 4 is 21.8 Å². The molecule has 0 spiro atoms. The van der Waals surface area contributed by atoms with Crippen molar-refractivity contribution in [2.45, 2.75) is 32.7 Å². The average molecular weight is 385 g/mol. The highest BCUT2D eigenvalue weighted by molar-refractivity contribution is 7.88. The number of furan rings is 1. The Morgan fingerprint density at radius 1 is 1.23 bits per heavy atom. The van der Waals surface area contributed by atoms with Gasteiger partial charge in [-0.1, -0.05) is 6.92 Å². The molecule has 1 saturated heterocycles. The summed E-state index contributed by atoms with van der Waals surface area (Å²) in [6, 6.07) is 3.15. The van der Waals surface area contributed by atoms with Gasteiger partial charge in [-0.2, -0.15) is 4.31 Å². The summed E-state index contributed by atoms with van der Waals surface area (Å²) in [6.45, 7) is 5.68. The van der Waals surface area contributed by atoms with E-state index in [0.717, 1.165) is 0 Å². The van der Waals surface area contributed by atoms with Gasteiger partial charge in [0.05, 0.1) is 12.5 Å². The van der Waals surface area contributed by atoms with Crippen LogP contribution in [-0.2, 0) is 14.8 Å². The van der Waals surface area contributed by atoms with Gasteiger partial charge >= 0.3 is 0 Å². The first-order valence-corrected chi connectivity index (χ1v) is 10.7. The molecule has 0 radical (unpaired) electrons. The lowest BCUT2D eigenvalue weighted by Crippen LogP contribution is -2.51. The van der Waals surface area contributed by atoms with Gasteiger partial charge in [-0.25, -0.2) is 8.42 Å². The number of rotatable bonds is 7. The number of sulfonamides is 1. The van der Waals surface area contributed by atoms with Crippen molar-refractivity contribution in [3.05, 3.63) is 24.2 Å². The molecule has 2 heterocycles. The van der Waals surface area contributed by atoms with E-state index in [0.29, 0.717) is 38.4 Å². The van der Waals surface area contributed by atoms with E-state index in [2.05, 4.69) is 0 Å². The van der Waals surface area contributed by atoms with Crippen molar-refractivity contribution in [2.24, 2.45) is 0 Å². The molecule has 0 aromatic carbocycles. The molecule has 2 amide bonds. The molecule has 146 valence electrons. The molecular weight excluding hydrogens is 358 g/mol. The highest BCUT2D eigenvalue weighted by Gasteiger charge is 2.28. The number of hydrogen-bond donors (Lipinski definition) is 0. The van der Waals surface area contributed by atoms with Crippen LogP contribution in [0.4, 0.5) is 0 Å². The molecule has 0 aliphatic carbocycles. The van der Waals surface area contributed by atoms with E-state index in [1.165, 1.54) is 16.8 Å². The first-order valence-electron chi connectivity index (χ1n) is 8.81. The van der Waals surface area contributed by atoms with Crippen LogP contribution >= 0.6 is 0 Å². The third kappa shape index (κ3) is 5.07. The molecule has 9 heteroatoms. The van der Waals surface area contributed by atoms with Crippen molar-refractivity contribution < 1.29 is 22.4 Å². The van der Waals surface area contributed by atoms with E-state index in [1.54, 1.807) is 21.9 Å². The van der Waals surface area contributed by atoms with Crippen molar-refractivity contribution in [1.82, 2.24) is 14.1 Å². The first-order chi connectivity index (χ1) is 12.2. The van der Waals surface area contributed by atoms with Crippen LogP contribution in [0.2, 0.25) is 0 Å². The van der Waals surface area contributed by atoms with Gasteiger partial charge in [0.25, 0.3) is 5.91 Å². The number of carbonyl (C=O) groups is 2. The monoisotopic (exact) mass is 385 g/mol. The SMILES string of the molecule is CCC(C)N(CCC(=O)N1CCN(C(=O)c2ccco2)CC1)S(C)(=O)=O. The van der Waals surface area contributed by atoms with Gasteiger partial charge in [0.2, 0.25) is 15.9 Å². The predicted octanol–water partition coefficient (Wildman–Crippen LogP) is 1.01. The summed E-state index contributed by atoms with van der Waals surface area (Å²) in [5.74, 6) is 0.0243. The number of nitrogens with zero attached hydrogens (tertiary/aromatic N) is 3. The lowest BCUT2D eigenvalue weighted by Gasteiger charge is -2.35. The Bertz CT molecular complexity index is 709. The van der Waals surface area contributed by atoms with E-state index in [9.17, 15) is 18.0 Å². The van der Waals surface area contributed by atoms with E-state index in [-0.39, 0.29) is 30.8 Å². The quantitative estimate of drug-likeness (QED) is 0.699. The third-order valence-corrected chi connectivity index (χ3v) is 6.10. The van der Waals surface area contributed by atoms with E-state index in [4.69, 9.17) is 4.42 Å². The summed E-state index contributed by atoms with van der Waals surface area (Å²) >= 11 is 0. The third-order valence-electron chi connectivity index (χ3n) is 4.71. The van der Waals surface area contributed by atoms with Gasteiger partial charge in [0.15, 0.2) is 5.76 Å². The molecule has 0 bridgehead atoms. The fourth-order valence-corrected chi connectivity index (χ4v) is 4.22. The van der Waals surface area contributed by atoms with Gasteiger partial charge in [-0.3, -0.25) is 9.59 Å². The van der Waals surface area contributed by atoms with E-state index >= 15 is 0 Å². The van der Waals surface area contributed by atoms with Crippen LogP contribution < -0.4 is 0 Å². The zero-order valence-corrected chi connectivity index (χ0v) is 16.4. The van der Waals surface area contributed by atoms with Crippen molar-refractivity contribution in [2.75, 3.05) is 39.0 Å². The molecule has 1 aromatic heterocycles.